The van der Waals surface area contributed by atoms with Crippen molar-refractivity contribution in [3.05, 3.63) is 64.7 Å². The van der Waals surface area contributed by atoms with Gasteiger partial charge in [0.15, 0.2) is 5.13 Å². The number of nitrogens with zero attached hydrogens (tertiary/aromatic N) is 3. The second-order valence-electron chi connectivity index (χ2n) is 8.23. The summed E-state index contributed by atoms with van der Waals surface area (Å²) in [6.45, 7) is 5.42. The molecule has 1 amide bonds. The van der Waals surface area contributed by atoms with Crippen molar-refractivity contribution in [1.82, 2.24) is 9.88 Å². The summed E-state index contributed by atoms with van der Waals surface area (Å²) in [6, 6.07) is 14.3. The van der Waals surface area contributed by atoms with E-state index in [4.69, 9.17) is 14.5 Å². The van der Waals surface area contributed by atoms with E-state index in [1.54, 1.807) is 26.0 Å². The molecule has 0 N–H and O–H groups in total. The van der Waals surface area contributed by atoms with Crippen molar-refractivity contribution in [2.45, 2.75) is 45.7 Å². The number of hydrogen-bond donors (Lipinski definition) is 0. The van der Waals surface area contributed by atoms with Crippen LogP contribution in [0.25, 0.3) is 0 Å². The maximum absolute atomic E-state index is 12.5. The number of anilines is 2. The lowest BCUT2D eigenvalue weighted by molar-refractivity contribution is -0.115. The standard InChI is InChI=1S/C26H31N3O3S/c1-5-19-8-10-21(11-9-19)29(18(2)30)26-27-20(17-33-26)16-28-14-6-7-24(28)23-15-22(31-3)12-13-25(23)32-4/h8-13,15,17,24H,5-7,14,16H2,1-4H3/t24-/m0/s1. The van der Waals surface area contributed by atoms with Crippen LogP contribution in [0.15, 0.2) is 47.8 Å². The Morgan fingerprint density at radius 2 is 1.97 bits per heavy atom. The van der Waals surface area contributed by atoms with E-state index in [1.807, 2.05) is 24.3 Å². The van der Waals surface area contributed by atoms with Gasteiger partial charge in [-0.15, -0.1) is 11.3 Å². The largest absolute Gasteiger partial charge is 0.497 e. The van der Waals surface area contributed by atoms with Crippen LogP contribution >= 0.6 is 11.3 Å². The quantitative estimate of drug-likeness (QED) is 0.424. The smallest absolute Gasteiger partial charge is 0.230 e. The number of likely N-dealkylation sites (tertiary alicyclic amines) is 1. The molecule has 2 aromatic carbocycles. The first kappa shape index (κ1) is 23.3. The molecule has 0 radical (unpaired) electrons. The normalized spacial score (nSPS) is 16.1. The van der Waals surface area contributed by atoms with Gasteiger partial charge in [0.1, 0.15) is 11.5 Å². The molecule has 33 heavy (non-hydrogen) atoms. The molecule has 7 heteroatoms. The van der Waals surface area contributed by atoms with Gasteiger partial charge in [0.05, 0.1) is 25.6 Å². The van der Waals surface area contributed by atoms with Gasteiger partial charge in [-0.2, -0.15) is 0 Å². The lowest BCUT2D eigenvalue weighted by Gasteiger charge is -2.26. The first-order chi connectivity index (χ1) is 16.0. The van der Waals surface area contributed by atoms with Crippen LogP contribution < -0.4 is 14.4 Å². The fraction of sp³-hybridized carbons (Fsp3) is 0.385. The Kier molecular flexibility index (Phi) is 7.30. The Bertz CT molecular complexity index is 1100. The highest BCUT2D eigenvalue weighted by Gasteiger charge is 2.29. The minimum atomic E-state index is -0.0414. The summed E-state index contributed by atoms with van der Waals surface area (Å²) in [5, 5.41) is 2.76. The van der Waals surface area contributed by atoms with E-state index in [-0.39, 0.29) is 11.9 Å². The number of thiazole rings is 1. The van der Waals surface area contributed by atoms with Gasteiger partial charge in [0, 0.05) is 30.5 Å². The summed E-state index contributed by atoms with van der Waals surface area (Å²) in [5.41, 5.74) is 4.21. The molecule has 1 atom stereocenters. The van der Waals surface area contributed by atoms with E-state index in [9.17, 15) is 4.79 Å². The van der Waals surface area contributed by atoms with E-state index in [0.717, 1.165) is 60.8 Å². The zero-order chi connectivity index (χ0) is 23.4. The molecule has 2 heterocycles. The number of amides is 1. The van der Waals surface area contributed by atoms with Gasteiger partial charge < -0.3 is 9.47 Å². The number of carbonyl (C=O) groups is 1. The monoisotopic (exact) mass is 465 g/mol. The number of benzene rings is 2. The third-order valence-corrected chi connectivity index (χ3v) is 7.05. The average Bonchev–Trinajstić information content (AvgIpc) is 3.49. The predicted molar refractivity (Wildman–Crippen MR) is 133 cm³/mol. The Hall–Kier alpha value is -2.90. The van der Waals surface area contributed by atoms with Gasteiger partial charge in [0.25, 0.3) is 0 Å². The molecule has 0 unspecified atom stereocenters. The zero-order valence-electron chi connectivity index (χ0n) is 19.7. The maximum Gasteiger partial charge on any atom is 0.230 e. The molecule has 174 valence electrons. The third-order valence-electron chi connectivity index (χ3n) is 6.17. The highest BCUT2D eigenvalue weighted by molar-refractivity contribution is 7.14. The lowest BCUT2D eigenvalue weighted by Crippen LogP contribution is -2.24. The fourth-order valence-electron chi connectivity index (χ4n) is 4.45. The highest BCUT2D eigenvalue weighted by Crippen LogP contribution is 2.40. The van der Waals surface area contributed by atoms with Gasteiger partial charge in [0.2, 0.25) is 5.91 Å². The van der Waals surface area contributed by atoms with E-state index < -0.39 is 0 Å². The molecule has 6 nitrogen and oxygen atoms in total. The Balaban J connectivity index is 1.55. The van der Waals surface area contributed by atoms with Crippen molar-refractivity contribution in [2.75, 3.05) is 25.7 Å². The number of ether oxygens (including phenoxy) is 2. The number of rotatable bonds is 8. The molecule has 0 aliphatic carbocycles. The summed E-state index contributed by atoms with van der Waals surface area (Å²) >= 11 is 1.51. The summed E-state index contributed by atoms with van der Waals surface area (Å²) in [4.78, 5) is 21.5. The molecule has 4 rings (SSSR count). The van der Waals surface area contributed by atoms with Crippen LogP contribution in [0.5, 0.6) is 11.5 Å². The SMILES string of the molecule is CCc1ccc(N(C(C)=O)c2nc(CN3CCC[C@H]3c3cc(OC)ccc3OC)cs2)cc1. The minimum Gasteiger partial charge on any atom is -0.497 e. The van der Waals surface area contributed by atoms with Crippen LogP contribution in [0.3, 0.4) is 0 Å². The highest BCUT2D eigenvalue weighted by atomic mass is 32.1. The summed E-state index contributed by atoms with van der Waals surface area (Å²) < 4.78 is 11.1. The van der Waals surface area contributed by atoms with Gasteiger partial charge in [-0.1, -0.05) is 19.1 Å². The predicted octanol–water partition coefficient (Wildman–Crippen LogP) is 5.74. The van der Waals surface area contributed by atoms with E-state index in [0.29, 0.717) is 5.13 Å². The Morgan fingerprint density at radius 1 is 1.18 bits per heavy atom. The van der Waals surface area contributed by atoms with Crippen molar-refractivity contribution in [3.63, 3.8) is 0 Å². The molecule has 3 aromatic rings. The fourth-order valence-corrected chi connectivity index (χ4v) is 5.33. The van der Waals surface area contributed by atoms with Crippen molar-refractivity contribution >= 4 is 28.1 Å². The van der Waals surface area contributed by atoms with Gasteiger partial charge in [-0.3, -0.25) is 14.6 Å². The Morgan fingerprint density at radius 3 is 2.64 bits per heavy atom. The minimum absolute atomic E-state index is 0.0414. The molecular weight excluding hydrogens is 434 g/mol. The first-order valence-corrected chi connectivity index (χ1v) is 12.2. The van der Waals surface area contributed by atoms with Gasteiger partial charge >= 0.3 is 0 Å². The molecule has 1 fully saturated rings. The lowest BCUT2D eigenvalue weighted by atomic mass is 10.0. The number of hydrogen-bond acceptors (Lipinski definition) is 6. The van der Waals surface area contributed by atoms with Crippen LogP contribution in [-0.4, -0.2) is 36.6 Å². The van der Waals surface area contributed by atoms with Gasteiger partial charge in [-0.05, 0) is 61.7 Å². The molecule has 1 saturated heterocycles. The molecule has 0 bridgehead atoms. The molecule has 0 saturated carbocycles. The molecule has 1 aliphatic rings. The van der Waals surface area contributed by atoms with Crippen LogP contribution in [0.4, 0.5) is 10.8 Å². The number of methoxy groups -OCH3 is 2. The second-order valence-corrected chi connectivity index (χ2v) is 9.07. The van der Waals surface area contributed by atoms with Crippen LogP contribution in [0.2, 0.25) is 0 Å². The number of carbonyl (C=O) groups excluding carboxylic acids is 1. The second kappa shape index (κ2) is 10.4. The van der Waals surface area contributed by atoms with E-state index >= 15 is 0 Å². The number of aryl methyl sites for hydroxylation is 1. The zero-order valence-corrected chi connectivity index (χ0v) is 20.5. The van der Waals surface area contributed by atoms with Crippen LogP contribution in [-0.2, 0) is 17.8 Å². The van der Waals surface area contributed by atoms with Crippen molar-refractivity contribution in [1.29, 1.82) is 0 Å². The summed E-state index contributed by atoms with van der Waals surface area (Å²) in [6.07, 6.45) is 3.14. The Labute approximate surface area is 199 Å². The van der Waals surface area contributed by atoms with E-state index in [2.05, 4.69) is 35.4 Å². The molecule has 1 aliphatic heterocycles. The topological polar surface area (TPSA) is 54.9 Å². The average molecular weight is 466 g/mol. The van der Waals surface area contributed by atoms with Crippen molar-refractivity contribution in [3.8, 4) is 11.5 Å². The maximum atomic E-state index is 12.5. The molecule has 0 spiro atoms. The van der Waals surface area contributed by atoms with Gasteiger partial charge in [-0.25, -0.2) is 4.98 Å². The summed E-state index contributed by atoms with van der Waals surface area (Å²) in [5.74, 6) is 1.67. The third kappa shape index (κ3) is 5.04. The number of aromatic nitrogens is 1. The van der Waals surface area contributed by atoms with Crippen LogP contribution in [0, 0.1) is 0 Å². The van der Waals surface area contributed by atoms with Crippen molar-refractivity contribution in [2.24, 2.45) is 0 Å². The van der Waals surface area contributed by atoms with E-state index in [1.165, 1.54) is 16.9 Å². The first-order valence-electron chi connectivity index (χ1n) is 11.3. The van der Waals surface area contributed by atoms with Crippen molar-refractivity contribution < 1.29 is 14.3 Å². The molecule has 1 aromatic heterocycles. The summed E-state index contributed by atoms with van der Waals surface area (Å²) in [7, 11) is 3.39. The molecular formula is C26H31N3O3S. The van der Waals surface area contributed by atoms with Crippen LogP contribution in [0.1, 0.15) is 49.6 Å².